The summed E-state index contributed by atoms with van der Waals surface area (Å²) in [6, 6.07) is 16.7. The van der Waals surface area contributed by atoms with Crippen molar-refractivity contribution in [3.63, 3.8) is 0 Å². The number of halogens is 1. The molecule has 25 heavy (non-hydrogen) atoms. The van der Waals surface area contributed by atoms with Crippen molar-refractivity contribution in [3.05, 3.63) is 89.5 Å². The first-order valence-electron chi connectivity index (χ1n) is 7.95. The van der Waals surface area contributed by atoms with Crippen LogP contribution in [0, 0.1) is 5.82 Å². The van der Waals surface area contributed by atoms with E-state index in [9.17, 15) is 9.18 Å². The van der Waals surface area contributed by atoms with Crippen LogP contribution in [-0.2, 0) is 13.6 Å². The number of nitrogens with zero attached hydrogens (tertiary/aromatic N) is 2. The molecular formula is C19H19FN4O. The third-order valence-electron chi connectivity index (χ3n) is 3.80. The Morgan fingerprint density at radius 3 is 2.48 bits per heavy atom. The molecule has 0 saturated heterocycles. The molecular weight excluding hydrogens is 319 g/mol. The molecule has 0 saturated carbocycles. The lowest BCUT2D eigenvalue weighted by Crippen LogP contribution is -2.38. The van der Waals surface area contributed by atoms with E-state index in [2.05, 4.69) is 15.7 Å². The molecule has 3 aromatic rings. The Hall–Kier alpha value is -3.15. The summed E-state index contributed by atoms with van der Waals surface area (Å²) in [5.74, 6) is -0.322. The molecule has 0 aliphatic carbocycles. The third kappa shape index (κ3) is 4.44. The molecule has 1 aromatic heterocycles. The van der Waals surface area contributed by atoms with Gasteiger partial charge in [0.15, 0.2) is 0 Å². The quantitative estimate of drug-likeness (QED) is 0.751. The number of benzene rings is 2. The first kappa shape index (κ1) is 16.7. The van der Waals surface area contributed by atoms with Gasteiger partial charge in [0, 0.05) is 19.8 Å². The predicted octanol–water partition coefficient (Wildman–Crippen LogP) is 3.15. The highest BCUT2D eigenvalue weighted by atomic mass is 19.1. The summed E-state index contributed by atoms with van der Waals surface area (Å²) in [4.78, 5) is 12.3. The van der Waals surface area contributed by atoms with Crippen LogP contribution < -0.4 is 10.6 Å². The van der Waals surface area contributed by atoms with Crippen molar-refractivity contribution >= 4 is 6.03 Å². The van der Waals surface area contributed by atoms with Crippen molar-refractivity contribution in [1.82, 2.24) is 20.4 Å². The van der Waals surface area contributed by atoms with E-state index in [1.54, 1.807) is 30.1 Å². The summed E-state index contributed by atoms with van der Waals surface area (Å²) in [5.41, 5.74) is 2.45. The van der Waals surface area contributed by atoms with E-state index in [-0.39, 0.29) is 11.8 Å². The van der Waals surface area contributed by atoms with Crippen LogP contribution in [0.1, 0.15) is 22.9 Å². The maximum Gasteiger partial charge on any atom is 0.315 e. The van der Waals surface area contributed by atoms with Gasteiger partial charge >= 0.3 is 6.03 Å². The first-order chi connectivity index (χ1) is 12.1. The van der Waals surface area contributed by atoms with Gasteiger partial charge in [0.2, 0.25) is 0 Å². The van der Waals surface area contributed by atoms with Crippen molar-refractivity contribution in [2.45, 2.75) is 12.6 Å². The summed E-state index contributed by atoms with van der Waals surface area (Å²) in [5, 5.41) is 10.1. The lowest BCUT2D eigenvalue weighted by Gasteiger charge is -2.18. The minimum Gasteiger partial charge on any atom is -0.334 e. The lowest BCUT2D eigenvalue weighted by atomic mass is 10.0. The fraction of sp³-hybridized carbons (Fsp3) is 0.158. The molecule has 6 heteroatoms. The number of urea groups is 1. The summed E-state index contributed by atoms with van der Waals surface area (Å²) in [6.07, 6.45) is 1.80. The van der Waals surface area contributed by atoms with Gasteiger partial charge < -0.3 is 10.6 Å². The number of rotatable bonds is 5. The van der Waals surface area contributed by atoms with E-state index in [0.29, 0.717) is 12.2 Å². The molecule has 0 aliphatic heterocycles. The molecule has 0 fully saturated rings. The summed E-state index contributed by atoms with van der Waals surface area (Å²) < 4.78 is 14.9. The van der Waals surface area contributed by atoms with E-state index in [1.165, 1.54) is 12.1 Å². The molecule has 0 bridgehead atoms. The van der Waals surface area contributed by atoms with Crippen LogP contribution in [0.3, 0.4) is 0 Å². The summed E-state index contributed by atoms with van der Waals surface area (Å²) >= 11 is 0. The molecule has 0 spiro atoms. The van der Waals surface area contributed by atoms with Gasteiger partial charge in [-0.25, -0.2) is 9.18 Å². The van der Waals surface area contributed by atoms with Gasteiger partial charge in [-0.3, -0.25) is 4.68 Å². The largest absolute Gasteiger partial charge is 0.334 e. The van der Waals surface area contributed by atoms with Crippen molar-refractivity contribution in [2.75, 3.05) is 0 Å². The number of hydrogen-bond donors (Lipinski definition) is 2. The zero-order chi connectivity index (χ0) is 17.6. The van der Waals surface area contributed by atoms with Crippen LogP contribution in [0.15, 0.2) is 66.9 Å². The Morgan fingerprint density at radius 1 is 1.12 bits per heavy atom. The third-order valence-corrected chi connectivity index (χ3v) is 3.80. The number of nitrogens with one attached hydrogen (secondary N) is 2. The Labute approximate surface area is 145 Å². The van der Waals surface area contributed by atoms with Crippen molar-refractivity contribution in [2.24, 2.45) is 7.05 Å². The zero-order valence-electron chi connectivity index (χ0n) is 13.8. The van der Waals surface area contributed by atoms with Gasteiger partial charge in [-0.1, -0.05) is 42.5 Å². The average molecular weight is 338 g/mol. The second kappa shape index (κ2) is 7.61. The smallest absolute Gasteiger partial charge is 0.315 e. The number of aryl methyl sites for hydroxylation is 1. The first-order valence-corrected chi connectivity index (χ1v) is 7.95. The summed E-state index contributed by atoms with van der Waals surface area (Å²) in [6.45, 7) is 0.422. The van der Waals surface area contributed by atoms with Crippen LogP contribution in [0.5, 0.6) is 0 Å². The Kier molecular flexibility index (Phi) is 5.09. The Balaban J connectivity index is 1.73. The van der Waals surface area contributed by atoms with Crippen molar-refractivity contribution in [3.8, 4) is 0 Å². The average Bonchev–Trinajstić information content (AvgIpc) is 3.06. The summed E-state index contributed by atoms with van der Waals surface area (Å²) in [7, 11) is 1.81. The molecule has 2 N–H and O–H groups in total. The number of amides is 2. The van der Waals surface area contributed by atoms with Gasteiger partial charge in [-0.2, -0.15) is 5.10 Å². The number of carbonyl (C=O) groups excluding carboxylic acids is 1. The molecule has 2 aromatic carbocycles. The maximum atomic E-state index is 13.2. The highest BCUT2D eigenvalue weighted by molar-refractivity contribution is 5.75. The van der Waals surface area contributed by atoms with Gasteiger partial charge in [0.05, 0.1) is 5.69 Å². The molecule has 2 amide bonds. The molecule has 1 atom stereocenters. The fourth-order valence-electron chi connectivity index (χ4n) is 2.53. The Morgan fingerprint density at radius 2 is 1.84 bits per heavy atom. The van der Waals surface area contributed by atoms with E-state index in [4.69, 9.17) is 0 Å². The van der Waals surface area contributed by atoms with E-state index >= 15 is 0 Å². The number of aromatic nitrogens is 2. The van der Waals surface area contributed by atoms with Crippen molar-refractivity contribution in [1.29, 1.82) is 0 Å². The maximum absolute atomic E-state index is 13.2. The Bertz CT molecular complexity index is 830. The minimum atomic E-state index is -0.461. The molecule has 5 nitrogen and oxygen atoms in total. The number of hydrogen-bond acceptors (Lipinski definition) is 2. The molecule has 3 rings (SSSR count). The molecule has 128 valence electrons. The minimum absolute atomic E-state index is 0.316. The van der Waals surface area contributed by atoms with Crippen LogP contribution in [-0.4, -0.2) is 15.8 Å². The van der Waals surface area contributed by atoms with Gasteiger partial charge in [-0.05, 0) is 29.3 Å². The van der Waals surface area contributed by atoms with Crippen molar-refractivity contribution < 1.29 is 9.18 Å². The SMILES string of the molecule is Cn1ccc([C@H](NC(=O)NCc2ccccc2)c2ccc(F)cc2)n1. The van der Waals surface area contributed by atoms with E-state index < -0.39 is 6.04 Å². The normalized spacial score (nSPS) is 11.8. The van der Waals surface area contributed by atoms with Gasteiger partial charge in [0.1, 0.15) is 11.9 Å². The van der Waals surface area contributed by atoms with Crippen LogP contribution in [0.25, 0.3) is 0 Å². The van der Waals surface area contributed by atoms with Gasteiger partial charge in [-0.15, -0.1) is 0 Å². The second-order valence-corrected chi connectivity index (χ2v) is 5.71. The van der Waals surface area contributed by atoms with Crippen LogP contribution in [0.2, 0.25) is 0 Å². The predicted molar refractivity (Wildman–Crippen MR) is 93.3 cm³/mol. The van der Waals surface area contributed by atoms with E-state index in [0.717, 1.165) is 11.1 Å². The zero-order valence-corrected chi connectivity index (χ0v) is 13.8. The standard InChI is InChI=1S/C19H19FN4O/c1-24-12-11-17(23-24)18(15-7-9-16(20)10-8-15)22-19(25)21-13-14-5-3-2-4-6-14/h2-12,18H,13H2,1H3,(H2,21,22,25)/t18-/m1/s1. The molecule has 0 aliphatic rings. The lowest BCUT2D eigenvalue weighted by molar-refractivity contribution is 0.238. The second-order valence-electron chi connectivity index (χ2n) is 5.71. The highest BCUT2D eigenvalue weighted by Gasteiger charge is 2.19. The van der Waals surface area contributed by atoms with E-state index in [1.807, 2.05) is 36.4 Å². The monoisotopic (exact) mass is 338 g/mol. The number of carbonyl (C=O) groups is 1. The molecule has 0 radical (unpaired) electrons. The molecule has 1 heterocycles. The van der Waals surface area contributed by atoms with Crippen LogP contribution >= 0.6 is 0 Å². The van der Waals surface area contributed by atoms with Crippen LogP contribution in [0.4, 0.5) is 9.18 Å². The highest BCUT2D eigenvalue weighted by Crippen LogP contribution is 2.20. The van der Waals surface area contributed by atoms with Gasteiger partial charge in [0.25, 0.3) is 0 Å². The topological polar surface area (TPSA) is 59.0 Å². The fourth-order valence-corrected chi connectivity index (χ4v) is 2.53. The molecule has 0 unspecified atom stereocenters.